The van der Waals surface area contributed by atoms with Gasteiger partial charge in [0.2, 0.25) is 0 Å². The number of benzene rings is 1. The van der Waals surface area contributed by atoms with Gasteiger partial charge in [0.1, 0.15) is 5.69 Å². The first-order valence-corrected chi connectivity index (χ1v) is 15.4. The van der Waals surface area contributed by atoms with Gasteiger partial charge < -0.3 is 20.0 Å². The highest BCUT2D eigenvalue weighted by Gasteiger charge is 2.17. The second kappa shape index (κ2) is 15.0. The van der Waals surface area contributed by atoms with Crippen LogP contribution in [-0.4, -0.2) is 72.9 Å². The Labute approximate surface area is 253 Å². The molecule has 0 saturated carbocycles. The first-order chi connectivity index (χ1) is 20.3. The Bertz CT molecular complexity index is 1440. The van der Waals surface area contributed by atoms with Crippen molar-refractivity contribution in [2.75, 3.05) is 63.1 Å². The maximum atomic E-state index is 4.56. The van der Waals surface area contributed by atoms with Gasteiger partial charge in [-0.3, -0.25) is 5.10 Å². The Morgan fingerprint density at radius 3 is 2.55 bits per heavy atom. The molecule has 0 radical (unpaired) electrons. The van der Waals surface area contributed by atoms with Crippen LogP contribution in [0.25, 0.3) is 18.4 Å². The summed E-state index contributed by atoms with van der Waals surface area (Å²) in [7, 11) is 2.18. The Hall–Kier alpha value is -3.61. The Balaban J connectivity index is 1.43. The first-order valence-electron chi connectivity index (χ1n) is 15.4. The molecule has 2 aliphatic rings. The number of likely N-dealkylation sites (tertiary alicyclic amines) is 1. The maximum Gasteiger partial charge on any atom is 0.115 e. The van der Waals surface area contributed by atoms with Crippen molar-refractivity contribution in [1.82, 2.24) is 20.0 Å². The molecule has 3 heterocycles. The van der Waals surface area contributed by atoms with Crippen molar-refractivity contribution < 1.29 is 0 Å². The molecule has 0 amide bonds. The lowest BCUT2D eigenvalue weighted by molar-refractivity contribution is 0.312. The van der Waals surface area contributed by atoms with Gasteiger partial charge in [-0.1, -0.05) is 50.1 Å². The summed E-state index contributed by atoms with van der Waals surface area (Å²) in [5, 5.41) is 12.9. The van der Waals surface area contributed by atoms with Crippen LogP contribution in [0.15, 0.2) is 72.4 Å². The van der Waals surface area contributed by atoms with Gasteiger partial charge in [0.05, 0.1) is 11.0 Å². The zero-order valence-electron chi connectivity index (χ0n) is 26.3. The molecule has 0 atom stereocenters. The van der Waals surface area contributed by atoms with Crippen LogP contribution in [0.4, 0.5) is 11.4 Å². The van der Waals surface area contributed by atoms with E-state index in [0.717, 1.165) is 60.2 Å². The van der Waals surface area contributed by atoms with Crippen molar-refractivity contribution in [3.63, 3.8) is 0 Å². The van der Waals surface area contributed by atoms with E-state index in [-0.39, 0.29) is 0 Å². The van der Waals surface area contributed by atoms with E-state index in [1.54, 1.807) is 0 Å². The highest BCUT2D eigenvalue weighted by atomic mass is 15.2. The zero-order chi connectivity index (χ0) is 30.1. The van der Waals surface area contributed by atoms with Crippen molar-refractivity contribution in [3.8, 4) is 0 Å². The number of likely N-dealkylation sites (N-methyl/N-ethyl adjacent to an activating group) is 1. The highest BCUT2D eigenvalue weighted by Crippen LogP contribution is 2.29. The smallest absolute Gasteiger partial charge is 0.115 e. The summed E-state index contributed by atoms with van der Waals surface area (Å²) in [6.45, 7) is 27.0. The molecular formula is C36H50N6. The second-order valence-electron chi connectivity index (χ2n) is 11.6. The predicted molar refractivity (Wildman–Crippen MR) is 182 cm³/mol. The van der Waals surface area contributed by atoms with Gasteiger partial charge in [0.15, 0.2) is 0 Å². The zero-order valence-corrected chi connectivity index (χ0v) is 26.3. The van der Waals surface area contributed by atoms with Crippen LogP contribution in [0.1, 0.15) is 50.8 Å². The number of nitrogens with zero attached hydrogens (tertiary/aromatic N) is 4. The lowest BCUT2D eigenvalue weighted by atomic mass is 10.0. The van der Waals surface area contributed by atoms with E-state index in [1.807, 2.05) is 6.08 Å². The number of H-pyrrole nitrogens is 1. The predicted octanol–water partition coefficient (Wildman–Crippen LogP) is 5.62. The van der Waals surface area contributed by atoms with Gasteiger partial charge in [0, 0.05) is 42.8 Å². The minimum Gasteiger partial charge on any atom is -0.369 e. The SMILES string of the molecule is C=C\C(=C/C(=C\C)C(/C)=C/C=c1/[nH]nc(C(=C)Nc2cccc(N3CCN(C)CC3)c2C)c1=C)CCCN1CCCC1. The summed E-state index contributed by atoms with van der Waals surface area (Å²) in [5.41, 5.74) is 8.68. The molecule has 2 N–H and O–H groups in total. The fraction of sp³-hybridized carbons (Fsp3) is 0.417. The van der Waals surface area contributed by atoms with E-state index in [0.29, 0.717) is 0 Å². The van der Waals surface area contributed by atoms with Crippen LogP contribution < -0.4 is 20.8 Å². The van der Waals surface area contributed by atoms with Crippen LogP contribution >= 0.6 is 0 Å². The number of anilines is 2. The quantitative estimate of drug-likeness (QED) is 0.327. The van der Waals surface area contributed by atoms with Crippen LogP contribution in [-0.2, 0) is 0 Å². The van der Waals surface area contributed by atoms with Gasteiger partial charge in [-0.15, -0.1) is 0 Å². The van der Waals surface area contributed by atoms with Crippen LogP contribution in [0.3, 0.4) is 0 Å². The average Bonchev–Trinajstić information content (AvgIpc) is 3.64. The second-order valence-corrected chi connectivity index (χ2v) is 11.6. The Morgan fingerprint density at radius 1 is 1.12 bits per heavy atom. The van der Waals surface area contributed by atoms with Crippen molar-refractivity contribution in [3.05, 3.63) is 94.2 Å². The highest BCUT2D eigenvalue weighted by molar-refractivity contribution is 5.78. The number of aromatic nitrogens is 2. The van der Waals surface area contributed by atoms with Crippen molar-refractivity contribution in [1.29, 1.82) is 0 Å². The molecule has 1 aromatic carbocycles. The number of aromatic amines is 1. The number of rotatable bonds is 12. The molecule has 2 aromatic rings. The standard InChI is InChI=1S/C36H50N6/c1-8-31(14-13-21-41-19-10-11-20-41)26-32(9-2)27(3)17-18-34-29(5)36(39-38-34)30(6)37-33-15-12-16-35(28(33)4)42-24-22-40(7)23-25-42/h8-9,12,15-18,26,37-38H,1,5-6,10-11,13-14,19-25H2,2-4,7H3/b27-17+,31-26+,32-9+,34-18+. The van der Waals surface area contributed by atoms with Crippen molar-refractivity contribution in [2.24, 2.45) is 0 Å². The van der Waals surface area contributed by atoms with E-state index in [1.165, 1.54) is 66.9 Å². The fourth-order valence-electron chi connectivity index (χ4n) is 5.81. The topological polar surface area (TPSA) is 50.4 Å². The molecule has 6 nitrogen and oxygen atoms in total. The molecule has 0 spiro atoms. The van der Waals surface area contributed by atoms with E-state index in [9.17, 15) is 0 Å². The molecule has 0 aliphatic carbocycles. The van der Waals surface area contributed by atoms with Gasteiger partial charge in [-0.25, -0.2) is 0 Å². The van der Waals surface area contributed by atoms with Crippen LogP contribution in [0.2, 0.25) is 0 Å². The van der Waals surface area contributed by atoms with Crippen molar-refractivity contribution >= 4 is 29.7 Å². The molecule has 224 valence electrons. The number of allylic oxidation sites excluding steroid dienone is 7. The van der Waals surface area contributed by atoms with E-state index in [4.69, 9.17) is 0 Å². The van der Waals surface area contributed by atoms with E-state index < -0.39 is 0 Å². The summed E-state index contributed by atoms with van der Waals surface area (Å²) >= 11 is 0. The molecule has 2 saturated heterocycles. The fourth-order valence-corrected chi connectivity index (χ4v) is 5.81. The maximum absolute atomic E-state index is 4.56. The Kier molecular flexibility index (Phi) is 11.2. The third-order valence-corrected chi connectivity index (χ3v) is 8.63. The van der Waals surface area contributed by atoms with E-state index >= 15 is 0 Å². The number of piperazine rings is 1. The number of hydrogen-bond acceptors (Lipinski definition) is 5. The van der Waals surface area contributed by atoms with Gasteiger partial charge >= 0.3 is 0 Å². The lowest BCUT2D eigenvalue weighted by Gasteiger charge is -2.35. The molecular weight excluding hydrogens is 516 g/mol. The third-order valence-electron chi connectivity index (χ3n) is 8.63. The molecule has 2 fully saturated rings. The Morgan fingerprint density at radius 2 is 1.86 bits per heavy atom. The summed E-state index contributed by atoms with van der Waals surface area (Å²) in [5.74, 6) is 0. The monoisotopic (exact) mass is 566 g/mol. The molecule has 0 unspecified atom stereocenters. The molecule has 4 rings (SSSR count). The summed E-state index contributed by atoms with van der Waals surface area (Å²) in [4.78, 5) is 7.41. The summed E-state index contributed by atoms with van der Waals surface area (Å²) in [6.07, 6.45) is 15.5. The van der Waals surface area contributed by atoms with Crippen LogP contribution in [0, 0.1) is 6.92 Å². The van der Waals surface area contributed by atoms with Gasteiger partial charge in [-0.05, 0) is 114 Å². The lowest BCUT2D eigenvalue weighted by Crippen LogP contribution is -2.44. The minimum atomic E-state index is 0.733. The molecule has 2 aliphatic heterocycles. The van der Waals surface area contributed by atoms with Crippen molar-refractivity contribution in [2.45, 2.75) is 46.5 Å². The van der Waals surface area contributed by atoms with Crippen LogP contribution in [0.5, 0.6) is 0 Å². The summed E-state index contributed by atoms with van der Waals surface area (Å²) in [6, 6.07) is 6.42. The number of hydrogen-bond donors (Lipinski definition) is 2. The minimum absolute atomic E-state index is 0.733. The number of nitrogens with one attached hydrogen (secondary N) is 2. The van der Waals surface area contributed by atoms with E-state index in [2.05, 4.69) is 120 Å². The largest absolute Gasteiger partial charge is 0.369 e. The molecule has 6 heteroatoms. The summed E-state index contributed by atoms with van der Waals surface area (Å²) < 4.78 is 0. The van der Waals surface area contributed by atoms with Gasteiger partial charge in [-0.2, -0.15) is 5.10 Å². The molecule has 0 bridgehead atoms. The van der Waals surface area contributed by atoms with Gasteiger partial charge in [0.25, 0.3) is 0 Å². The molecule has 42 heavy (non-hydrogen) atoms. The molecule has 1 aromatic heterocycles. The third kappa shape index (κ3) is 8.02. The average molecular weight is 567 g/mol. The first kappa shape index (κ1) is 31.3. The normalized spacial score (nSPS) is 18.1.